The van der Waals surface area contributed by atoms with Gasteiger partial charge < -0.3 is 20.9 Å². The fraction of sp³-hybridized carbons (Fsp3) is 0.744. The van der Waals surface area contributed by atoms with Crippen LogP contribution in [0.1, 0.15) is 93.9 Å². The average molecular weight is 741 g/mol. The Balaban J connectivity index is 1.44. The first-order chi connectivity index (χ1) is 24.7. The predicted octanol–water partition coefficient (Wildman–Crippen LogP) is 2.23. The van der Waals surface area contributed by atoms with Crippen LogP contribution in [-0.4, -0.2) is 101 Å². The highest BCUT2D eigenvalue weighted by atomic mass is 16.2. The molecule has 14 heteroatoms. The first-order valence-corrected chi connectivity index (χ1v) is 19.2. The van der Waals surface area contributed by atoms with Crippen LogP contribution in [-0.2, 0) is 38.4 Å². The van der Waals surface area contributed by atoms with Gasteiger partial charge in [-0.3, -0.25) is 48.2 Å². The number of hydrogen-bond acceptors (Lipinski definition) is 8. The molecule has 53 heavy (non-hydrogen) atoms. The van der Waals surface area contributed by atoms with Gasteiger partial charge in [0.25, 0.3) is 0 Å². The van der Waals surface area contributed by atoms with Crippen molar-refractivity contribution in [2.24, 2.45) is 52.3 Å². The summed E-state index contributed by atoms with van der Waals surface area (Å²) >= 11 is 0. The molecule has 0 aromatic rings. The van der Waals surface area contributed by atoms with Crippen molar-refractivity contribution in [3.8, 4) is 0 Å². The van der Waals surface area contributed by atoms with Crippen molar-refractivity contribution in [1.29, 1.82) is 0 Å². The molecule has 294 valence electrons. The first kappa shape index (κ1) is 41.7. The molecule has 3 aliphatic heterocycles. The van der Waals surface area contributed by atoms with Gasteiger partial charge in [0, 0.05) is 92.3 Å². The van der Waals surface area contributed by atoms with Crippen molar-refractivity contribution in [2.75, 3.05) is 39.3 Å². The molecule has 3 heterocycles. The number of nitrogens with zero attached hydrogens (tertiary/aromatic N) is 3. The summed E-state index contributed by atoms with van der Waals surface area (Å²) < 4.78 is 0. The molecule has 1 aliphatic carbocycles. The van der Waals surface area contributed by atoms with Gasteiger partial charge in [-0.05, 0) is 43.4 Å². The lowest BCUT2D eigenvalue weighted by Crippen LogP contribution is -2.55. The topological polar surface area (TPSA) is 182 Å². The van der Waals surface area contributed by atoms with Crippen molar-refractivity contribution in [3.05, 3.63) is 12.3 Å². The van der Waals surface area contributed by atoms with Gasteiger partial charge in [0.1, 0.15) is 0 Å². The van der Waals surface area contributed by atoms with Gasteiger partial charge in [0.15, 0.2) is 0 Å². The number of hydrogen-bond donors (Lipinski definition) is 3. The normalized spacial score (nSPS) is 29.4. The molecular formula is C39H60N6O8. The number of likely N-dealkylation sites (tertiary alicyclic amines) is 3. The van der Waals surface area contributed by atoms with Crippen LogP contribution in [0.15, 0.2) is 12.3 Å². The SMILES string of the molecule is C=C1CC(C(C)C)C(=O)N1CCNC(=O)[C@@]1(C)C[C@@H](C(=O)NCCN2C(=O)CC(C(C)C)C2=O)C[C@@](C)(C(=O)NCCN2C(=O)CC(C(C)C)C2=O)C1. The second kappa shape index (κ2) is 16.5. The summed E-state index contributed by atoms with van der Waals surface area (Å²) in [6.45, 7) is 19.6. The van der Waals surface area contributed by atoms with E-state index in [1.807, 2.05) is 41.5 Å². The Kier molecular flexibility index (Phi) is 13.0. The molecule has 4 aliphatic rings. The fourth-order valence-corrected chi connectivity index (χ4v) is 8.65. The van der Waals surface area contributed by atoms with E-state index in [2.05, 4.69) is 22.5 Å². The van der Waals surface area contributed by atoms with Crippen molar-refractivity contribution in [1.82, 2.24) is 30.7 Å². The number of rotatable bonds is 15. The van der Waals surface area contributed by atoms with Crippen LogP contribution in [0.25, 0.3) is 0 Å². The molecule has 0 aromatic carbocycles. The largest absolute Gasteiger partial charge is 0.354 e. The second-order valence-corrected chi connectivity index (χ2v) is 17.2. The fourth-order valence-electron chi connectivity index (χ4n) is 8.65. The molecule has 1 saturated carbocycles. The van der Waals surface area contributed by atoms with Gasteiger partial charge in [-0.1, -0.05) is 62.0 Å². The lowest BCUT2D eigenvalue weighted by molar-refractivity contribution is -0.148. The third kappa shape index (κ3) is 9.00. The number of allylic oxidation sites excluding steroid dienone is 1. The summed E-state index contributed by atoms with van der Waals surface area (Å²) in [5.41, 5.74) is -1.63. The summed E-state index contributed by atoms with van der Waals surface area (Å²) in [6.07, 6.45) is 1.25. The molecule has 8 amide bonds. The van der Waals surface area contributed by atoms with Gasteiger partial charge in [-0.25, -0.2) is 0 Å². The van der Waals surface area contributed by atoms with Crippen LogP contribution >= 0.6 is 0 Å². The average Bonchev–Trinajstić information content (AvgIpc) is 3.65. The van der Waals surface area contributed by atoms with Crippen molar-refractivity contribution in [3.63, 3.8) is 0 Å². The molecule has 14 nitrogen and oxygen atoms in total. The summed E-state index contributed by atoms with van der Waals surface area (Å²) in [5, 5.41) is 8.65. The molecule has 3 unspecified atom stereocenters. The van der Waals surface area contributed by atoms with E-state index in [4.69, 9.17) is 0 Å². The monoisotopic (exact) mass is 740 g/mol. The third-order valence-electron chi connectivity index (χ3n) is 11.9. The molecule has 4 rings (SSSR count). The number of imide groups is 2. The molecule has 0 radical (unpaired) electrons. The van der Waals surface area contributed by atoms with Gasteiger partial charge in [0.05, 0.1) is 0 Å². The molecule has 6 atom stereocenters. The second-order valence-electron chi connectivity index (χ2n) is 17.2. The molecule has 0 bridgehead atoms. The highest BCUT2D eigenvalue weighted by Crippen LogP contribution is 2.49. The van der Waals surface area contributed by atoms with Gasteiger partial charge >= 0.3 is 0 Å². The smallest absolute Gasteiger partial charge is 0.233 e. The number of nitrogens with one attached hydrogen (secondary N) is 3. The standard InChI is InChI=1S/C39H60N6O8/c1-22(2)27-16-25(7)43(33(27)49)13-11-41-36(52)38(8)19-26(32(48)40-10-14-44-30(46)17-28(23(3)4)34(44)50)20-39(9,21-38)37(53)42-12-15-45-31(47)18-29(24(5)6)35(45)51/h22-24,26-29H,7,10-21H2,1-6,8-9H3,(H,40,48)(H,41,52)(H,42,53)/t26-,27?,28?,29?,38+,39-/m1/s1. The maximum Gasteiger partial charge on any atom is 0.233 e. The van der Waals surface area contributed by atoms with E-state index in [1.54, 1.807) is 18.7 Å². The third-order valence-corrected chi connectivity index (χ3v) is 11.9. The Morgan fingerprint density at radius 2 is 0.981 bits per heavy atom. The summed E-state index contributed by atoms with van der Waals surface area (Å²) in [5.74, 6) is -3.70. The molecule has 3 saturated heterocycles. The maximum atomic E-state index is 13.9. The van der Waals surface area contributed by atoms with Crippen molar-refractivity contribution >= 4 is 47.3 Å². The highest BCUT2D eigenvalue weighted by molar-refractivity contribution is 6.04. The van der Waals surface area contributed by atoms with E-state index < -0.39 is 28.6 Å². The Bertz CT molecular complexity index is 1450. The Morgan fingerprint density at radius 1 is 0.623 bits per heavy atom. The zero-order valence-corrected chi connectivity index (χ0v) is 32.8. The van der Waals surface area contributed by atoms with Crippen LogP contribution < -0.4 is 16.0 Å². The zero-order chi connectivity index (χ0) is 39.6. The van der Waals surface area contributed by atoms with Crippen LogP contribution in [0.4, 0.5) is 0 Å². The maximum absolute atomic E-state index is 13.9. The van der Waals surface area contributed by atoms with Crippen LogP contribution in [0, 0.1) is 52.3 Å². The lowest BCUT2D eigenvalue weighted by Gasteiger charge is -2.45. The molecule has 3 N–H and O–H groups in total. The lowest BCUT2D eigenvalue weighted by atomic mass is 9.59. The highest BCUT2D eigenvalue weighted by Gasteiger charge is 2.53. The molecule has 0 aromatic heterocycles. The number of amides is 8. The van der Waals surface area contributed by atoms with Crippen LogP contribution in [0.3, 0.4) is 0 Å². The van der Waals surface area contributed by atoms with E-state index in [0.717, 1.165) is 0 Å². The first-order valence-electron chi connectivity index (χ1n) is 19.2. The number of carbonyl (C=O) groups excluding carboxylic acids is 8. The van der Waals surface area contributed by atoms with E-state index in [9.17, 15) is 38.4 Å². The minimum absolute atomic E-state index is 0.0130. The van der Waals surface area contributed by atoms with Gasteiger partial charge in [-0.15, -0.1) is 0 Å². The zero-order valence-electron chi connectivity index (χ0n) is 32.8. The van der Waals surface area contributed by atoms with Gasteiger partial charge in [0.2, 0.25) is 47.3 Å². The van der Waals surface area contributed by atoms with Crippen LogP contribution in [0.5, 0.6) is 0 Å². The van der Waals surface area contributed by atoms with E-state index in [0.29, 0.717) is 12.1 Å². The summed E-state index contributed by atoms with van der Waals surface area (Å²) in [6, 6.07) is 0. The van der Waals surface area contributed by atoms with Crippen molar-refractivity contribution in [2.45, 2.75) is 93.9 Å². The molecule has 0 spiro atoms. The minimum Gasteiger partial charge on any atom is -0.354 e. The summed E-state index contributed by atoms with van der Waals surface area (Å²) in [7, 11) is 0. The Labute approximate surface area is 313 Å². The van der Waals surface area contributed by atoms with E-state index >= 15 is 0 Å². The Hall–Kier alpha value is -4.10. The Morgan fingerprint density at radius 3 is 1.36 bits per heavy atom. The molecule has 4 fully saturated rings. The van der Waals surface area contributed by atoms with E-state index in [-0.39, 0.29) is 142 Å². The number of carbonyl (C=O) groups is 8. The van der Waals surface area contributed by atoms with Gasteiger partial charge in [-0.2, -0.15) is 0 Å². The van der Waals surface area contributed by atoms with E-state index in [1.165, 1.54) is 9.80 Å². The summed E-state index contributed by atoms with van der Waals surface area (Å²) in [4.78, 5) is 109. The quantitative estimate of drug-likeness (QED) is 0.214. The minimum atomic E-state index is -1.18. The van der Waals surface area contributed by atoms with Crippen molar-refractivity contribution < 1.29 is 38.4 Å². The predicted molar refractivity (Wildman–Crippen MR) is 196 cm³/mol. The molecular weight excluding hydrogens is 680 g/mol. The van der Waals surface area contributed by atoms with Crippen LogP contribution in [0.2, 0.25) is 0 Å².